The van der Waals surface area contributed by atoms with Crippen molar-refractivity contribution in [3.8, 4) is 22.6 Å². The molecule has 0 spiro atoms. The number of carboxylic acids is 1. The molecule has 0 aliphatic heterocycles. The Bertz CT molecular complexity index is 857. The fraction of sp³-hybridized carbons (Fsp3) is 0.238. The van der Waals surface area contributed by atoms with Crippen molar-refractivity contribution >= 4 is 17.6 Å². The van der Waals surface area contributed by atoms with Crippen LogP contribution in [-0.2, 0) is 11.2 Å². The van der Waals surface area contributed by atoms with Crippen molar-refractivity contribution in [3.63, 3.8) is 0 Å². The summed E-state index contributed by atoms with van der Waals surface area (Å²) in [5, 5.41) is 9.38. The van der Waals surface area contributed by atoms with Gasteiger partial charge in [0.1, 0.15) is 5.69 Å². The molecule has 2 aromatic carbocycles. The second kappa shape index (κ2) is 8.68. The first kappa shape index (κ1) is 18.2. The van der Waals surface area contributed by atoms with Crippen LogP contribution < -0.4 is 0 Å². The standard InChI is InChI=1S/C21H20ClNO3/c22-17-13-11-16(12-14-17)21-20(15-7-3-1-4-8-15)23-18(26-21)9-5-2-6-10-19(24)25/h1,3-4,7-8,11-14H,2,5-6,9-10H2,(H,24,25). The predicted molar refractivity (Wildman–Crippen MR) is 102 cm³/mol. The van der Waals surface area contributed by atoms with Crippen LogP contribution in [0.4, 0.5) is 0 Å². The summed E-state index contributed by atoms with van der Waals surface area (Å²) in [5.74, 6) is 0.648. The quantitative estimate of drug-likeness (QED) is 0.506. The minimum absolute atomic E-state index is 0.205. The van der Waals surface area contributed by atoms with Crippen LogP contribution in [0.2, 0.25) is 5.02 Å². The van der Waals surface area contributed by atoms with Crippen molar-refractivity contribution in [2.24, 2.45) is 0 Å². The Labute approximate surface area is 157 Å². The molecule has 0 bridgehead atoms. The van der Waals surface area contributed by atoms with Gasteiger partial charge in [-0.2, -0.15) is 0 Å². The number of aliphatic carboxylic acids is 1. The lowest BCUT2D eigenvalue weighted by Crippen LogP contribution is -1.94. The highest BCUT2D eigenvalue weighted by Gasteiger charge is 2.16. The van der Waals surface area contributed by atoms with Crippen molar-refractivity contribution in [3.05, 3.63) is 65.5 Å². The summed E-state index contributed by atoms with van der Waals surface area (Å²) >= 11 is 5.99. The maximum atomic E-state index is 10.6. The number of aromatic nitrogens is 1. The molecule has 0 amide bonds. The summed E-state index contributed by atoms with van der Waals surface area (Å²) in [4.78, 5) is 15.3. The minimum Gasteiger partial charge on any atom is -0.481 e. The molecule has 1 N–H and O–H groups in total. The molecule has 0 aliphatic rings. The van der Waals surface area contributed by atoms with E-state index in [1.807, 2.05) is 54.6 Å². The van der Waals surface area contributed by atoms with Crippen LogP contribution in [0.15, 0.2) is 59.0 Å². The number of rotatable bonds is 8. The molecule has 1 aromatic heterocycles. The second-order valence-corrected chi connectivity index (χ2v) is 6.55. The molecule has 0 atom stereocenters. The van der Waals surface area contributed by atoms with Gasteiger partial charge in [0, 0.05) is 29.0 Å². The van der Waals surface area contributed by atoms with Crippen LogP contribution in [0.5, 0.6) is 0 Å². The number of benzene rings is 2. The lowest BCUT2D eigenvalue weighted by atomic mass is 10.1. The molecule has 134 valence electrons. The van der Waals surface area contributed by atoms with Crippen LogP contribution in [0, 0.1) is 0 Å². The van der Waals surface area contributed by atoms with Gasteiger partial charge in [-0.05, 0) is 37.1 Å². The van der Waals surface area contributed by atoms with E-state index in [4.69, 9.17) is 26.1 Å². The third-order valence-corrected chi connectivity index (χ3v) is 4.36. The first-order chi connectivity index (χ1) is 12.6. The smallest absolute Gasteiger partial charge is 0.303 e. The molecule has 1 heterocycles. The van der Waals surface area contributed by atoms with E-state index >= 15 is 0 Å². The Hall–Kier alpha value is -2.59. The molecule has 5 heteroatoms. The lowest BCUT2D eigenvalue weighted by Gasteiger charge is -2.01. The van der Waals surface area contributed by atoms with Crippen molar-refractivity contribution in [1.82, 2.24) is 4.98 Å². The van der Waals surface area contributed by atoms with Crippen LogP contribution in [0.25, 0.3) is 22.6 Å². The van der Waals surface area contributed by atoms with Gasteiger partial charge in [-0.3, -0.25) is 4.79 Å². The molecule has 0 saturated heterocycles. The van der Waals surface area contributed by atoms with Gasteiger partial charge in [-0.15, -0.1) is 0 Å². The molecule has 4 nitrogen and oxygen atoms in total. The van der Waals surface area contributed by atoms with Crippen molar-refractivity contribution in [2.45, 2.75) is 32.1 Å². The first-order valence-electron chi connectivity index (χ1n) is 8.66. The highest BCUT2D eigenvalue weighted by molar-refractivity contribution is 6.30. The number of unbranched alkanes of at least 4 members (excludes halogenated alkanes) is 2. The summed E-state index contributed by atoms with van der Waals surface area (Å²) in [6.07, 6.45) is 3.25. The fourth-order valence-corrected chi connectivity index (χ4v) is 2.92. The summed E-state index contributed by atoms with van der Waals surface area (Å²) in [6, 6.07) is 17.4. The van der Waals surface area contributed by atoms with Gasteiger partial charge in [0.2, 0.25) is 0 Å². The summed E-state index contributed by atoms with van der Waals surface area (Å²) in [7, 11) is 0. The van der Waals surface area contributed by atoms with Crippen LogP contribution in [0.1, 0.15) is 31.6 Å². The van der Waals surface area contributed by atoms with Gasteiger partial charge in [-0.25, -0.2) is 4.98 Å². The predicted octanol–water partition coefficient (Wildman–Crippen LogP) is 5.85. The molecule has 3 aromatic rings. The molecule has 26 heavy (non-hydrogen) atoms. The normalized spacial score (nSPS) is 10.8. The summed E-state index contributed by atoms with van der Waals surface area (Å²) in [5.41, 5.74) is 2.74. The van der Waals surface area contributed by atoms with Crippen molar-refractivity contribution in [1.29, 1.82) is 0 Å². The molecule has 0 unspecified atom stereocenters. The Morgan fingerprint density at radius 3 is 2.38 bits per heavy atom. The monoisotopic (exact) mass is 369 g/mol. The number of halogens is 1. The average molecular weight is 370 g/mol. The van der Waals surface area contributed by atoms with E-state index in [9.17, 15) is 4.79 Å². The molecule has 0 fully saturated rings. The number of nitrogens with zero attached hydrogens (tertiary/aromatic N) is 1. The van der Waals surface area contributed by atoms with Gasteiger partial charge >= 0.3 is 5.97 Å². The van der Waals surface area contributed by atoms with Gasteiger partial charge in [-0.1, -0.05) is 48.4 Å². The van der Waals surface area contributed by atoms with Crippen molar-refractivity contribution < 1.29 is 14.3 Å². The van der Waals surface area contributed by atoms with E-state index < -0.39 is 5.97 Å². The Balaban J connectivity index is 1.81. The van der Waals surface area contributed by atoms with E-state index in [1.165, 1.54) is 0 Å². The van der Waals surface area contributed by atoms with E-state index in [0.29, 0.717) is 23.8 Å². The molecular weight excluding hydrogens is 350 g/mol. The maximum absolute atomic E-state index is 10.6. The first-order valence-corrected chi connectivity index (χ1v) is 9.04. The number of hydrogen-bond acceptors (Lipinski definition) is 3. The van der Waals surface area contributed by atoms with Gasteiger partial charge in [0.15, 0.2) is 11.7 Å². The van der Waals surface area contributed by atoms with Crippen molar-refractivity contribution in [2.75, 3.05) is 0 Å². The SMILES string of the molecule is O=C(O)CCCCCc1nc(-c2ccccc2)c(-c2ccc(Cl)cc2)o1. The summed E-state index contributed by atoms with van der Waals surface area (Å²) in [6.45, 7) is 0. The zero-order chi connectivity index (χ0) is 18.4. The van der Waals surface area contributed by atoms with Crippen LogP contribution in [-0.4, -0.2) is 16.1 Å². The summed E-state index contributed by atoms with van der Waals surface area (Å²) < 4.78 is 6.05. The van der Waals surface area contributed by atoms with E-state index in [0.717, 1.165) is 35.4 Å². The van der Waals surface area contributed by atoms with Gasteiger partial charge in [0.05, 0.1) is 0 Å². The maximum Gasteiger partial charge on any atom is 0.303 e. The van der Waals surface area contributed by atoms with Gasteiger partial charge < -0.3 is 9.52 Å². The third kappa shape index (κ3) is 4.73. The van der Waals surface area contributed by atoms with E-state index in [-0.39, 0.29) is 6.42 Å². The number of carbonyl (C=O) groups is 1. The van der Waals surface area contributed by atoms with E-state index in [2.05, 4.69) is 0 Å². The Morgan fingerprint density at radius 2 is 1.69 bits per heavy atom. The minimum atomic E-state index is -0.752. The molecule has 0 saturated carbocycles. The molecule has 0 aliphatic carbocycles. The third-order valence-electron chi connectivity index (χ3n) is 4.11. The zero-order valence-electron chi connectivity index (χ0n) is 14.3. The second-order valence-electron chi connectivity index (χ2n) is 6.11. The fourth-order valence-electron chi connectivity index (χ4n) is 2.79. The number of hydrogen-bond donors (Lipinski definition) is 1. The zero-order valence-corrected chi connectivity index (χ0v) is 15.1. The van der Waals surface area contributed by atoms with Crippen LogP contribution >= 0.6 is 11.6 Å². The highest BCUT2D eigenvalue weighted by Crippen LogP contribution is 2.33. The van der Waals surface area contributed by atoms with E-state index in [1.54, 1.807) is 0 Å². The number of carboxylic acid groups (broad SMARTS) is 1. The molecular formula is C21H20ClNO3. The topological polar surface area (TPSA) is 63.3 Å². The Kier molecular flexibility index (Phi) is 6.08. The lowest BCUT2D eigenvalue weighted by molar-refractivity contribution is -0.137. The number of oxazole rings is 1. The Morgan fingerprint density at radius 1 is 0.962 bits per heavy atom. The van der Waals surface area contributed by atoms with Crippen LogP contribution in [0.3, 0.4) is 0 Å². The average Bonchev–Trinajstić information content (AvgIpc) is 3.07. The largest absolute Gasteiger partial charge is 0.481 e. The van der Waals surface area contributed by atoms with Gasteiger partial charge in [0.25, 0.3) is 0 Å². The highest BCUT2D eigenvalue weighted by atomic mass is 35.5. The molecule has 3 rings (SSSR count). The molecule has 0 radical (unpaired) electrons. The number of aryl methyl sites for hydroxylation is 1.